The van der Waals surface area contributed by atoms with E-state index in [0.29, 0.717) is 17.7 Å². The van der Waals surface area contributed by atoms with Gasteiger partial charge in [0.25, 0.3) is 0 Å². The van der Waals surface area contributed by atoms with Crippen molar-refractivity contribution >= 4 is 29.6 Å². The normalized spacial score (nSPS) is 10.9. The summed E-state index contributed by atoms with van der Waals surface area (Å²) in [6.45, 7) is 10.4. The van der Waals surface area contributed by atoms with E-state index in [-0.39, 0.29) is 36.5 Å². The molecule has 0 spiro atoms. The summed E-state index contributed by atoms with van der Waals surface area (Å²) in [6.07, 6.45) is 15.7. The third kappa shape index (κ3) is 16.3. The number of rotatable bonds is 20. The second kappa shape index (κ2) is 20.3. The van der Waals surface area contributed by atoms with Crippen LogP contribution in [0, 0.1) is 11.8 Å². The van der Waals surface area contributed by atoms with Crippen molar-refractivity contribution in [2.24, 2.45) is 11.8 Å². The van der Waals surface area contributed by atoms with E-state index in [1.165, 1.54) is 63.9 Å². The van der Waals surface area contributed by atoms with Crippen LogP contribution < -0.4 is 5.32 Å². The van der Waals surface area contributed by atoms with Crippen LogP contribution in [0.25, 0.3) is 6.08 Å². The zero-order chi connectivity index (χ0) is 28.2. The lowest BCUT2D eigenvalue weighted by Crippen LogP contribution is -2.21. The van der Waals surface area contributed by atoms with Crippen LogP contribution in [0.15, 0.2) is 29.8 Å². The fourth-order valence-electron chi connectivity index (χ4n) is 3.84. The maximum absolute atomic E-state index is 12.5. The van der Waals surface area contributed by atoms with E-state index < -0.39 is 11.9 Å². The van der Waals surface area contributed by atoms with E-state index in [4.69, 9.17) is 9.47 Å². The van der Waals surface area contributed by atoms with E-state index in [1.807, 2.05) is 27.7 Å². The number of amides is 1. The van der Waals surface area contributed by atoms with Gasteiger partial charge >= 0.3 is 11.9 Å². The van der Waals surface area contributed by atoms with Gasteiger partial charge in [-0.15, -0.1) is 0 Å². The summed E-state index contributed by atoms with van der Waals surface area (Å²) in [5.41, 5.74) is 1.19. The number of ether oxygens (including phenoxy) is 2. The predicted molar refractivity (Wildman–Crippen MR) is 156 cm³/mol. The molecular weight excluding hydrogens is 478 g/mol. The summed E-state index contributed by atoms with van der Waals surface area (Å²) < 4.78 is 10.5. The van der Waals surface area contributed by atoms with Crippen molar-refractivity contribution in [3.05, 3.63) is 35.4 Å². The van der Waals surface area contributed by atoms with E-state index in [9.17, 15) is 14.4 Å². The van der Waals surface area contributed by atoms with E-state index in [1.54, 1.807) is 24.3 Å². The zero-order valence-electron chi connectivity index (χ0n) is 24.5. The highest BCUT2D eigenvalue weighted by molar-refractivity contribution is 6.17. The summed E-state index contributed by atoms with van der Waals surface area (Å²) in [6, 6.07) is 7.04. The van der Waals surface area contributed by atoms with Gasteiger partial charge in [-0.25, -0.2) is 9.59 Å². The van der Waals surface area contributed by atoms with Gasteiger partial charge in [-0.1, -0.05) is 111 Å². The van der Waals surface area contributed by atoms with Gasteiger partial charge in [-0.3, -0.25) is 4.79 Å². The van der Waals surface area contributed by atoms with Crippen LogP contribution in [0.5, 0.6) is 0 Å². The monoisotopic (exact) mass is 529 g/mol. The molecule has 0 atom stereocenters. The lowest BCUT2D eigenvalue weighted by molar-refractivity contribution is -0.148. The SMILES string of the molecule is CCCCCCCCCCCCCC(=O)Nc1ccc(C=C(C(=O)OCC(C)C)C(=O)OCC(C)C)cc1. The Hall–Kier alpha value is -2.63. The van der Waals surface area contributed by atoms with Crippen molar-refractivity contribution in [1.29, 1.82) is 0 Å². The molecule has 0 radical (unpaired) electrons. The van der Waals surface area contributed by atoms with E-state index in [2.05, 4.69) is 12.2 Å². The second-order valence-corrected chi connectivity index (χ2v) is 11.0. The molecule has 0 saturated carbocycles. The van der Waals surface area contributed by atoms with Crippen LogP contribution in [-0.4, -0.2) is 31.1 Å². The number of carbonyl (C=O) groups excluding carboxylic acids is 3. The van der Waals surface area contributed by atoms with Gasteiger partial charge in [0.1, 0.15) is 5.57 Å². The molecule has 0 heterocycles. The largest absolute Gasteiger partial charge is 0.462 e. The molecule has 38 heavy (non-hydrogen) atoms. The zero-order valence-corrected chi connectivity index (χ0v) is 24.5. The number of carbonyl (C=O) groups is 3. The van der Waals surface area contributed by atoms with Gasteiger partial charge in [-0.05, 0) is 42.0 Å². The van der Waals surface area contributed by atoms with Crippen LogP contribution in [0.3, 0.4) is 0 Å². The number of hydrogen-bond acceptors (Lipinski definition) is 5. The standard InChI is InChI=1S/C32H51NO5/c1-6-7-8-9-10-11-12-13-14-15-16-17-30(34)33-28-20-18-27(19-21-28)22-29(31(35)37-23-25(2)3)32(36)38-24-26(4)5/h18-22,25-26H,6-17,23-24H2,1-5H3,(H,33,34). The Morgan fingerprint density at radius 1 is 0.711 bits per heavy atom. The Kier molecular flexibility index (Phi) is 17.9. The summed E-state index contributed by atoms with van der Waals surface area (Å²) in [5, 5.41) is 2.93. The van der Waals surface area contributed by atoms with E-state index in [0.717, 1.165) is 12.8 Å². The molecule has 0 aliphatic carbocycles. The number of benzene rings is 1. The predicted octanol–water partition coefficient (Wildman–Crippen LogP) is 8.11. The highest BCUT2D eigenvalue weighted by Crippen LogP contribution is 2.17. The molecule has 1 N–H and O–H groups in total. The first kappa shape index (κ1) is 33.4. The van der Waals surface area contributed by atoms with Gasteiger partial charge in [0, 0.05) is 12.1 Å². The lowest BCUT2D eigenvalue weighted by Gasteiger charge is -2.12. The average molecular weight is 530 g/mol. The molecule has 6 nitrogen and oxygen atoms in total. The van der Waals surface area contributed by atoms with Crippen molar-refractivity contribution in [3.63, 3.8) is 0 Å². The number of anilines is 1. The molecule has 1 aromatic rings. The molecule has 1 rings (SSSR count). The number of esters is 2. The molecule has 0 fully saturated rings. The molecule has 0 saturated heterocycles. The Bertz CT molecular complexity index is 816. The minimum Gasteiger partial charge on any atom is -0.462 e. The molecular formula is C32H51NO5. The molecule has 0 aromatic heterocycles. The quantitative estimate of drug-likeness (QED) is 0.0606. The number of unbranched alkanes of at least 4 members (excludes halogenated alkanes) is 10. The third-order valence-electron chi connectivity index (χ3n) is 6.05. The Balaban J connectivity index is 2.49. The smallest absolute Gasteiger partial charge is 0.345 e. The van der Waals surface area contributed by atoms with Crippen molar-refractivity contribution < 1.29 is 23.9 Å². The highest BCUT2D eigenvalue weighted by atomic mass is 16.6. The average Bonchev–Trinajstić information content (AvgIpc) is 2.88. The van der Waals surface area contributed by atoms with Crippen molar-refractivity contribution in [3.8, 4) is 0 Å². The van der Waals surface area contributed by atoms with Crippen LogP contribution in [-0.2, 0) is 23.9 Å². The van der Waals surface area contributed by atoms with Gasteiger partial charge in [0.05, 0.1) is 13.2 Å². The minimum atomic E-state index is -0.697. The summed E-state index contributed by atoms with van der Waals surface area (Å²) >= 11 is 0. The summed E-state index contributed by atoms with van der Waals surface area (Å²) in [7, 11) is 0. The molecule has 1 amide bonds. The molecule has 0 bridgehead atoms. The summed E-state index contributed by atoms with van der Waals surface area (Å²) in [4.78, 5) is 37.4. The fourth-order valence-corrected chi connectivity index (χ4v) is 3.84. The van der Waals surface area contributed by atoms with Crippen molar-refractivity contribution in [1.82, 2.24) is 0 Å². The minimum absolute atomic E-state index is 0.000526. The van der Waals surface area contributed by atoms with Gasteiger partial charge < -0.3 is 14.8 Å². The Labute approximate surface area is 230 Å². The topological polar surface area (TPSA) is 81.7 Å². The summed E-state index contributed by atoms with van der Waals surface area (Å²) in [5.74, 6) is -1.09. The first-order valence-corrected chi connectivity index (χ1v) is 14.7. The third-order valence-corrected chi connectivity index (χ3v) is 6.05. The van der Waals surface area contributed by atoms with Crippen LogP contribution in [0.1, 0.15) is 117 Å². The van der Waals surface area contributed by atoms with Crippen molar-refractivity contribution in [2.45, 2.75) is 112 Å². The van der Waals surface area contributed by atoms with Gasteiger partial charge in [0.15, 0.2) is 0 Å². The maximum atomic E-state index is 12.5. The van der Waals surface area contributed by atoms with E-state index >= 15 is 0 Å². The van der Waals surface area contributed by atoms with Gasteiger partial charge in [-0.2, -0.15) is 0 Å². The first-order chi connectivity index (χ1) is 18.2. The van der Waals surface area contributed by atoms with Crippen molar-refractivity contribution in [2.75, 3.05) is 18.5 Å². The lowest BCUT2D eigenvalue weighted by atomic mass is 10.1. The molecule has 6 heteroatoms. The van der Waals surface area contributed by atoms with Crippen LogP contribution >= 0.6 is 0 Å². The molecule has 0 unspecified atom stereocenters. The molecule has 0 aliphatic rings. The number of hydrogen-bond donors (Lipinski definition) is 1. The van der Waals surface area contributed by atoms with Gasteiger partial charge in [0.2, 0.25) is 5.91 Å². The van der Waals surface area contributed by atoms with Crippen LogP contribution in [0.2, 0.25) is 0 Å². The second-order valence-electron chi connectivity index (χ2n) is 11.0. The highest BCUT2D eigenvalue weighted by Gasteiger charge is 2.22. The maximum Gasteiger partial charge on any atom is 0.345 e. The molecule has 214 valence electrons. The molecule has 1 aromatic carbocycles. The molecule has 0 aliphatic heterocycles. The first-order valence-electron chi connectivity index (χ1n) is 14.7. The van der Waals surface area contributed by atoms with Crippen LogP contribution in [0.4, 0.5) is 5.69 Å². The number of nitrogens with one attached hydrogen (secondary N) is 1. The fraction of sp³-hybridized carbons (Fsp3) is 0.656. The Morgan fingerprint density at radius 3 is 1.61 bits per heavy atom. The Morgan fingerprint density at radius 2 is 1.16 bits per heavy atom.